The molecule has 1 heterocycles. The highest BCUT2D eigenvalue weighted by Crippen LogP contribution is 2.12. The number of aromatic nitrogens is 2. The third-order valence-corrected chi connectivity index (χ3v) is 3.11. The summed E-state index contributed by atoms with van der Waals surface area (Å²) in [4.78, 5) is 27.3. The molecule has 1 atom stereocenters. The van der Waals surface area contributed by atoms with E-state index in [0.29, 0.717) is 6.54 Å². The topological polar surface area (TPSA) is 93.5 Å². The van der Waals surface area contributed by atoms with Crippen molar-refractivity contribution in [3.05, 3.63) is 30.6 Å². The number of benzene rings is 1. The average Bonchev–Trinajstić information content (AvgIpc) is 2.93. The molecule has 1 aromatic heterocycles. The maximum Gasteiger partial charge on any atom is 0.330 e. The van der Waals surface area contributed by atoms with Crippen LogP contribution in [0.3, 0.4) is 0 Å². The van der Waals surface area contributed by atoms with Crippen LogP contribution in [0.1, 0.15) is 6.42 Å². The van der Waals surface area contributed by atoms with Crippen molar-refractivity contribution >= 4 is 22.9 Å². The van der Waals surface area contributed by atoms with Crippen LogP contribution in [0.5, 0.6) is 0 Å². The second kappa shape index (κ2) is 6.85. The van der Waals surface area contributed by atoms with Gasteiger partial charge in [0.1, 0.15) is 0 Å². The quantitative estimate of drug-likeness (QED) is 0.735. The molecule has 21 heavy (non-hydrogen) atoms. The first kappa shape index (κ1) is 15.0. The number of nitrogens with zero attached hydrogens (tertiary/aromatic N) is 2. The number of aliphatic hydroxyl groups is 1. The first-order valence-electron chi connectivity index (χ1n) is 6.53. The molecule has 7 nitrogen and oxygen atoms in total. The number of rotatable bonds is 6. The number of aryl methyl sites for hydroxylation is 1. The van der Waals surface area contributed by atoms with Crippen LogP contribution in [0, 0.1) is 0 Å². The van der Waals surface area contributed by atoms with E-state index in [2.05, 4.69) is 15.0 Å². The molecule has 0 aliphatic rings. The Balaban J connectivity index is 1.93. The predicted octanol–water partition coefficient (Wildman–Crippen LogP) is 0.0765. The van der Waals surface area contributed by atoms with Crippen LogP contribution in [0.15, 0.2) is 30.6 Å². The zero-order valence-corrected chi connectivity index (χ0v) is 11.7. The summed E-state index contributed by atoms with van der Waals surface area (Å²) in [5, 5.41) is 11.5. The van der Waals surface area contributed by atoms with Crippen LogP contribution in [-0.4, -0.2) is 46.3 Å². The van der Waals surface area contributed by atoms with Crippen LogP contribution < -0.4 is 5.32 Å². The number of carbonyl (C=O) groups excluding carboxylic acids is 2. The molecular formula is C14H17N3O4. The fourth-order valence-electron chi connectivity index (χ4n) is 2.00. The summed E-state index contributed by atoms with van der Waals surface area (Å²) in [6.45, 7) is -0.0575. The number of amides is 1. The Morgan fingerprint density at radius 2 is 2.19 bits per heavy atom. The van der Waals surface area contributed by atoms with Crippen molar-refractivity contribution in [3.8, 4) is 0 Å². The third-order valence-electron chi connectivity index (χ3n) is 3.11. The summed E-state index contributed by atoms with van der Waals surface area (Å²) in [6, 6.07) is 6.59. The molecule has 0 spiro atoms. The molecule has 2 aromatic rings. The van der Waals surface area contributed by atoms with Crippen LogP contribution in [0.4, 0.5) is 0 Å². The fraction of sp³-hybridized carbons (Fsp3) is 0.357. The monoisotopic (exact) mass is 291 g/mol. The van der Waals surface area contributed by atoms with Gasteiger partial charge in [0.15, 0.2) is 6.04 Å². The minimum Gasteiger partial charge on any atom is -0.467 e. The number of nitrogens with one attached hydrogen (secondary N) is 1. The van der Waals surface area contributed by atoms with E-state index in [0.717, 1.165) is 11.0 Å². The molecule has 0 aliphatic heterocycles. The van der Waals surface area contributed by atoms with Gasteiger partial charge in [0.2, 0.25) is 5.91 Å². The Labute approximate surface area is 121 Å². The van der Waals surface area contributed by atoms with Gasteiger partial charge in [-0.25, -0.2) is 9.78 Å². The number of hydrogen-bond donors (Lipinski definition) is 2. The van der Waals surface area contributed by atoms with Crippen molar-refractivity contribution in [2.24, 2.45) is 0 Å². The Hall–Kier alpha value is -2.41. The van der Waals surface area contributed by atoms with Gasteiger partial charge in [-0.1, -0.05) is 12.1 Å². The predicted molar refractivity (Wildman–Crippen MR) is 75.4 cm³/mol. The normalized spacial score (nSPS) is 12.1. The summed E-state index contributed by atoms with van der Waals surface area (Å²) in [5.74, 6) is -1.00. The van der Waals surface area contributed by atoms with Crippen molar-refractivity contribution in [2.45, 2.75) is 19.0 Å². The Kier molecular flexibility index (Phi) is 4.89. The number of para-hydroxylation sites is 2. The van der Waals surface area contributed by atoms with E-state index in [1.807, 2.05) is 28.8 Å². The molecule has 1 amide bonds. The average molecular weight is 291 g/mol. The molecule has 0 fully saturated rings. The van der Waals surface area contributed by atoms with Gasteiger partial charge < -0.3 is 19.7 Å². The van der Waals surface area contributed by atoms with Gasteiger partial charge in [-0.3, -0.25) is 4.79 Å². The third kappa shape index (κ3) is 3.57. The van der Waals surface area contributed by atoms with E-state index in [-0.39, 0.29) is 12.3 Å². The second-order valence-corrected chi connectivity index (χ2v) is 4.50. The molecule has 2 N–H and O–H groups in total. The minimum atomic E-state index is -1.03. The highest BCUT2D eigenvalue weighted by molar-refractivity contribution is 5.84. The van der Waals surface area contributed by atoms with E-state index < -0.39 is 18.6 Å². The summed E-state index contributed by atoms with van der Waals surface area (Å²) in [7, 11) is 1.20. The van der Waals surface area contributed by atoms with Gasteiger partial charge in [-0.2, -0.15) is 0 Å². The van der Waals surface area contributed by atoms with Gasteiger partial charge in [-0.05, 0) is 12.1 Å². The SMILES string of the molecule is COC(=O)C(CO)NC(=O)CCn1cnc2ccccc21. The number of aliphatic hydroxyl groups excluding tert-OH is 1. The zero-order chi connectivity index (χ0) is 15.2. The summed E-state index contributed by atoms with van der Waals surface area (Å²) >= 11 is 0. The van der Waals surface area contributed by atoms with Crippen molar-refractivity contribution in [3.63, 3.8) is 0 Å². The van der Waals surface area contributed by atoms with Crippen LogP contribution >= 0.6 is 0 Å². The highest BCUT2D eigenvalue weighted by atomic mass is 16.5. The summed E-state index contributed by atoms with van der Waals surface area (Å²) in [5.41, 5.74) is 1.80. The fourth-order valence-corrected chi connectivity index (χ4v) is 2.00. The van der Waals surface area contributed by atoms with Crippen molar-refractivity contribution < 1.29 is 19.4 Å². The summed E-state index contributed by atoms with van der Waals surface area (Å²) < 4.78 is 6.35. The lowest BCUT2D eigenvalue weighted by atomic mass is 10.3. The number of ether oxygens (including phenoxy) is 1. The highest BCUT2D eigenvalue weighted by Gasteiger charge is 2.20. The summed E-state index contributed by atoms with van der Waals surface area (Å²) in [6.07, 6.45) is 1.84. The number of fused-ring (bicyclic) bond motifs is 1. The number of esters is 1. The van der Waals surface area contributed by atoms with E-state index in [9.17, 15) is 9.59 Å². The van der Waals surface area contributed by atoms with Crippen molar-refractivity contribution in [2.75, 3.05) is 13.7 Å². The first-order chi connectivity index (χ1) is 10.2. The number of methoxy groups -OCH3 is 1. The van der Waals surface area contributed by atoms with Crippen molar-refractivity contribution in [1.29, 1.82) is 0 Å². The second-order valence-electron chi connectivity index (χ2n) is 4.50. The molecule has 1 unspecified atom stereocenters. The molecule has 0 radical (unpaired) electrons. The smallest absolute Gasteiger partial charge is 0.330 e. The molecular weight excluding hydrogens is 274 g/mol. The van der Waals surface area contributed by atoms with E-state index in [1.54, 1.807) is 6.33 Å². The minimum absolute atomic E-state index is 0.174. The Bertz CT molecular complexity index is 638. The maximum absolute atomic E-state index is 11.8. The molecule has 0 bridgehead atoms. The molecule has 1 aromatic carbocycles. The standard InChI is InChI=1S/C14H17N3O4/c1-21-14(20)11(8-18)16-13(19)6-7-17-9-15-10-4-2-3-5-12(10)17/h2-5,9,11,18H,6-8H2,1H3,(H,16,19). The van der Waals surface area contributed by atoms with Crippen LogP contribution in [-0.2, 0) is 20.9 Å². The van der Waals surface area contributed by atoms with Gasteiger partial charge in [-0.15, -0.1) is 0 Å². The molecule has 0 saturated heterocycles. The van der Waals surface area contributed by atoms with E-state index in [4.69, 9.17) is 5.11 Å². The van der Waals surface area contributed by atoms with Crippen molar-refractivity contribution in [1.82, 2.24) is 14.9 Å². The van der Waals surface area contributed by atoms with Gasteiger partial charge in [0.05, 0.1) is 31.1 Å². The molecule has 7 heteroatoms. The van der Waals surface area contributed by atoms with Gasteiger partial charge >= 0.3 is 5.97 Å². The largest absolute Gasteiger partial charge is 0.467 e. The number of carbonyl (C=O) groups is 2. The van der Waals surface area contributed by atoms with E-state index >= 15 is 0 Å². The molecule has 0 saturated carbocycles. The van der Waals surface area contributed by atoms with E-state index in [1.165, 1.54) is 7.11 Å². The lowest BCUT2D eigenvalue weighted by molar-refractivity contribution is -0.146. The Morgan fingerprint density at radius 3 is 2.90 bits per heavy atom. The Morgan fingerprint density at radius 1 is 1.43 bits per heavy atom. The number of imidazole rings is 1. The first-order valence-corrected chi connectivity index (χ1v) is 6.53. The number of hydrogen-bond acceptors (Lipinski definition) is 5. The molecule has 2 rings (SSSR count). The van der Waals surface area contributed by atoms with Gasteiger partial charge in [0.25, 0.3) is 0 Å². The lowest BCUT2D eigenvalue weighted by Gasteiger charge is -2.13. The van der Waals surface area contributed by atoms with Gasteiger partial charge in [0, 0.05) is 13.0 Å². The van der Waals surface area contributed by atoms with Crippen LogP contribution in [0.25, 0.3) is 11.0 Å². The lowest BCUT2D eigenvalue weighted by Crippen LogP contribution is -2.44. The van der Waals surface area contributed by atoms with Crippen LogP contribution in [0.2, 0.25) is 0 Å². The maximum atomic E-state index is 11.8. The zero-order valence-electron chi connectivity index (χ0n) is 11.7. The molecule has 0 aliphatic carbocycles. The molecule has 112 valence electrons.